The van der Waals surface area contributed by atoms with Crippen LogP contribution in [0.1, 0.15) is 13.8 Å². The minimum absolute atomic E-state index is 0.0978. The maximum atomic E-state index is 11.1. The van der Waals surface area contributed by atoms with Crippen LogP contribution in [0.2, 0.25) is 0 Å². The molecule has 2 heterocycles. The Bertz CT molecular complexity index is 905. The van der Waals surface area contributed by atoms with Crippen LogP contribution in [-0.2, 0) is 9.59 Å². The quantitative estimate of drug-likeness (QED) is 0.659. The van der Waals surface area contributed by atoms with Crippen LogP contribution in [0.4, 0.5) is 11.6 Å². The summed E-state index contributed by atoms with van der Waals surface area (Å²) in [4.78, 5) is 30.5. The van der Waals surface area contributed by atoms with E-state index in [1.165, 1.54) is 13.8 Å². The molecule has 0 aliphatic rings. The molecule has 0 fully saturated rings. The first-order chi connectivity index (χ1) is 12.9. The molecular formula is C20H18N4O3. The summed E-state index contributed by atoms with van der Waals surface area (Å²) in [5.74, 6) is 0.588. The van der Waals surface area contributed by atoms with Gasteiger partial charge in [-0.2, -0.15) is 0 Å². The molecule has 0 aliphatic carbocycles. The van der Waals surface area contributed by atoms with Gasteiger partial charge in [0.05, 0.1) is 0 Å². The standard InChI is InChI=1S/C20H18N4O3/c1-12(25)23-18-8-6-14(10-21-18)16-4-3-5-17(20(16)27)15-7-9-19(22-11-15)24-13(2)26/h3-11,27H,1-2H3,(H,21,23,25)(H,22,24,26). The highest BCUT2D eigenvalue weighted by molar-refractivity contribution is 5.89. The van der Waals surface area contributed by atoms with Crippen molar-refractivity contribution in [3.8, 4) is 28.0 Å². The highest BCUT2D eigenvalue weighted by Crippen LogP contribution is 2.37. The molecule has 1 aromatic carbocycles. The van der Waals surface area contributed by atoms with Crippen LogP contribution in [0.15, 0.2) is 54.9 Å². The number of phenolic OH excluding ortho intramolecular Hbond substituents is 1. The largest absolute Gasteiger partial charge is 0.507 e. The predicted octanol–water partition coefficient (Wildman–Crippen LogP) is 3.43. The van der Waals surface area contributed by atoms with E-state index in [2.05, 4.69) is 20.6 Å². The Morgan fingerprint density at radius 3 is 1.56 bits per heavy atom. The summed E-state index contributed by atoms with van der Waals surface area (Å²) in [6.45, 7) is 2.83. The number of hydrogen-bond donors (Lipinski definition) is 3. The molecule has 0 saturated carbocycles. The fraction of sp³-hybridized carbons (Fsp3) is 0.100. The number of aromatic hydroxyl groups is 1. The SMILES string of the molecule is CC(=O)Nc1ccc(-c2cccc(-c3ccc(NC(C)=O)nc3)c2O)cn1. The lowest BCUT2D eigenvalue weighted by molar-refractivity contribution is -0.115. The van der Waals surface area contributed by atoms with Crippen molar-refractivity contribution in [2.24, 2.45) is 0 Å². The number of rotatable bonds is 4. The van der Waals surface area contributed by atoms with E-state index in [0.717, 1.165) is 0 Å². The van der Waals surface area contributed by atoms with E-state index in [1.54, 1.807) is 48.8 Å². The molecule has 0 unspecified atom stereocenters. The number of benzene rings is 1. The number of nitrogens with zero attached hydrogens (tertiary/aromatic N) is 2. The number of carbonyl (C=O) groups excluding carboxylic acids is 2. The van der Waals surface area contributed by atoms with Crippen molar-refractivity contribution < 1.29 is 14.7 Å². The van der Waals surface area contributed by atoms with Crippen LogP contribution in [-0.4, -0.2) is 26.9 Å². The van der Waals surface area contributed by atoms with Gasteiger partial charge < -0.3 is 15.7 Å². The molecule has 0 atom stereocenters. The number of aromatic nitrogens is 2. The molecule has 27 heavy (non-hydrogen) atoms. The average molecular weight is 362 g/mol. The zero-order valence-electron chi connectivity index (χ0n) is 14.9. The van der Waals surface area contributed by atoms with Crippen molar-refractivity contribution in [3.05, 3.63) is 54.9 Å². The van der Waals surface area contributed by atoms with Gasteiger partial charge in [-0.25, -0.2) is 9.97 Å². The van der Waals surface area contributed by atoms with Gasteiger partial charge in [-0.3, -0.25) is 9.59 Å². The average Bonchev–Trinajstić information content (AvgIpc) is 2.63. The van der Waals surface area contributed by atoms with Crippen LogP contribution in [0, 0.1) is 0 Å². The van der Waals surface area contributed by atoms with Gasteiger partial charge in [0.2, 0.25) is 11.8 Å². The van der Waals surface area contributed by atoms with E-state index in [9.17, 15) is 14.7 Å². The monoisotopic (exact) mass is 362 g/mol. The summed E-state index contributed by atoms with van der Waals surface area (Å²) in [7, 11) is 0. The summed E-state index contributed by atoms with van der Waals surface area (Å²) in [5.41, 5.74) is 2.65. The Morgan fingerprint density at radius 2 is 1.22 bits per heavy atom. The van der Waals surface area contributed by atoms with Crippen LogP contribution in [0.3, 0.4) is 0 Å². The maximum Gasteiger partial charge on any atom is 0.222 e. The molecule has 136 valence electrons. The lowest BCUT2D eigenvalue weighted by Gasteiger charge is -2.11. The smallest absolute Gasteiger partial charge is 0.222 e. The molecule has 0 radical (unpaired) electrons. The van der Waals surface area contributed by atoms with Gasteiger partial charge in [-0.05, 0) is 24.3 Å². The van der Waals surface area contributed by atoms with Gasteiger partial charge >= 0.3 is 0 Å². The zero-order valence-corrected chi connectivity index (χ0v) is 14.9. The first-order valence-electron chi connectivity index (χ1n) is 8.24. The summed E-state index contributed by atoms with van der Waals surface area (Å²) < 4.78 is 0. The topological polar surface area (TPSA) is 104 Å². The van der Waals surface area contributed by atoms with E-state index >= 15 is 0 Å². The van der Waals surface area contributed by atoms with E-state index < -0.39 is 0 Å². The zero-order chi connectivity index (χ0) is 19.4. The van der Waals surface area contributed by atoms with E-state index in [0.29, 0.717) is 33.9 Å². The molecule has 0 spiro atoms. The summed E-state index contributed by atoms with van der Waals surface area (Å²) in [5, 5.41) is 15.9. The van der Waals surface area contributed by atoms with Crippen molar-refractivity contribution in [1.82, 2.24) is 9.97 Å². The lowest BCUT2D eigenvalue weighted by Crippen LogP contribution is -2.07. The highest BCUT2D eigenvalue weighted by Gasteiger charge is 2.12. The van der Waals surface area contributed by atoms with Gasteiger partial charge in [-0.15, -0.1) is 0 Å². The molecule has 3 rings (SSSR count). The third-order valence-corrected chi connectivity index (χ3v) is 3.79. The predicted molar refractivity (Wildman–Crippen MR) is 103 cm³/mol. The van der Waals surface area contributed by atoms with Crippen LogP contribution >= 0.6 is 0 Å². The number of anilines is 2. The molecule has 0 aliphatic heterocycles. The molecule has 7 nitrogen and oxygen atoms in total. The van der Waals surface area contributed by atoms with Crippen LogP contribution in [0.25, 0.3) is 22.3 Å². The van der Waals surface area contributed by atoms with Crippen molar-refractivity contribution >= 4 is 23.5 Å². The minimum Gasteiger partial charge on any atom is -0.507 e. The highest BCUT2D eigenvalue weighted by atomic mass is 16.3. The molecule has 2 amide bonds. The van der Waals surface area contributed by atoms with Gasteiger partial charge in [0, 0.05) is 48.5 Å². The Hall–Kier alpha value is -3.74. The van der Waals surface area contributed by atoms with Gasteiger partial charge in [0.25, 0.3) is 0 Å². The fourth-order valence-electron chi connectivity index (χ4n) is 2.62. The second kappa shape index (κ2) is 7.65. The van der Waals surface area contributed by atoms with Crippen LogP contribution in [0.5, 0.6) is 5.75 Å². The van der Waals surface area contributed by atoms with Gasteiger partial charge in [0.1, 0.15) is 17.4 Å². The number of pyridine rings is 2. The Balaban J connectivity index is 1.92. The van der Waals surface area contributed by atoms with E-state index in [-0.39, 0.29) is 17.6 Å². The summed E-state index contributed by atoms with van der Waals surface area (Å²) >= 11 is 0. The lowest BCUT2D eigenvalue weighted by atomic mass is 9.99. The number of hydrogen-bond acceptors (Lipinski definition) is 5. The number of para-hydroxylation sites is 1. The maximum absolute atomic E-state index is 11.1. The van der Waals surface area contributed by atoms with E-state index in [1.807, 2.05) is 6.07 Å². The Morgan fingerprint density at radius 1 is 0.778 bits per heavy atom. The first-order valence-corrected chi connectivity index (χ1v) is 8.24. The van der Waals surface area contributed by atoms with Gasteiger partial charge in [-0.1, -0.05) is 18.2 Å². The molecule has 0 bridgehead atoms. The van der Waals surface area contributed by atoms with Crippen molar-refractivity contribution in [2.45, 2.75) is 13.8 Å². The molecule has 3 N–H and O–H groups in total. The third-order valence-electron chi connectivity index (χ3n) is 3.79. The summed E-state index contributed by atoms with van der Waals surface area (Å²) in [6.07, 6.45) is 3.17. The number of phenols is 1. The molecule has 7 heteroatoms. The normalized spacial score (nSPS) is 10.3. The second-order valence-corrected chi connectivity index (χ2v) is 5.93. The van der Waals surface area contributed by atoms with Crippen LogP contribution < -0.4 is 10.6 Å². The van der Waals surface area contributed by atoms with Crippen molar-refractivity contribution in [1.29, 1.82) is 0 Å². The number of amides is 2. The second-order valence-electron chi connectivity index (χ2n) is 5.93. The number of carbonyl (C=O) groups is 2. The minimum atomic E-state index is -0.199. The van der Waals surface area contributed by atoms with E-state index in [4.69, 9.17) is 0 Å². The molecule has 3 aromatic rings. The van der Waals surface area contributed by atoms with Crippen molar-refractivity contribution in [2.75, 3.05) is 10.6 Å². The summed E-state index contributed by atoms with van der Waals surface area (Å²) in [6, 6.07) is 12.3. The first kappa shape index (κ1) is 18.1. The Labute approximate surface area is 156 Å². The molecular weight excluding hydrogens is 344 g/mol. The Kier molecular flexibility index (Phi) is 5.12. The fourth-order valence-corrected chi connectivity index (χ4v) is 2.62. The number of nitrogens with one attached hydrogen (secondary N) is 2. The molecule has 0 saturated heterocycles. The molecule has 2 aromatic heterocycles. The van der Waals surface area contributed by atoms with Crippen molar-refractivity contribution in [3.63, 3.8) is 0 Å². The third kappa shape index (κ3) is 4.27. The van der Waals surface area contributed by atoms with Gasteiger partial charge in [0.15, 0.2) is 0 Å².